The molecule has 36 heavy (non-hydrogen) atoms. The maximum atomic E-state index is 5.03. The van der Waals surface area contributed by atoms with Crippen LogP contribution in [-0.4, -0.2) is 51.8 Å². The average molecular weight is 478 g/mol. The van der Waals surface area contributed by atoms with E-state index in [0.717, 1.165) is 53.9 Å². The normalized spacial score (nSPS) is 15.0. The third-order valence-corrected chi connectivity index (χ3v) is 6.66. The highest BCUT2D eigenvalue weighted by Gasteiger charge is 2.22. The predicted molar refractivity (Wildman–Crippen MR) is 148 cm³/mol. The van der Waals surface area contributed by atoms with Crippen LogP contribution < -0.4 is 10.2 Å². The fraction of sp³-hybridized carbons (Fsp3) is 0.276. The smallest absolute Gasteiger partial charge is 0.162 e. The Kier molecular flexibility index (Phi) is 7.09. The van der Waals surface area contributed by atoms with Gasteiger partial charge in [0.1, 0.15) is 5.82 Å². The molecule has 3 aromatic heterocycles. The number of pyridine rings is 2. The second-order valence-electron chi connectivity index (χ2n) is 9.20. The van der Waals surface area contributed by atoms with Crippen molar-refractivity contribution < 1.29 is 0 Å². The van der Waals surface area contributed by atoms with Crippen molar-refractivity contribution in [1.82, 2.24) is 25.3 Å². The lowest BCUT2D eigenvalue weighted by Gasteiger charge is -2.33. The van der Waals surface area contributed by atoms with Crippen molar-refractivity contribution in [2.45, 2.75) is 32.7 Å². The lowest BCUT2D eigenvalue weighted by Crippen LogP contribution is -2.41. The number of aryl methyl sites for hydroxylation is 1. The van der Waals surface area contributed by atoms with E-state index in [9.17, 15) is 0 Å². The molecule has 7 nitrogen and oxygen atoms in total. The average Bonchev–Trinajstić information content (AvgIpc) is 2.92. The number of hydrogen-bond acceptors (Lipinski definition) is 7. The van der Waals surface area contributed by atoms with E-state index in [4.69, 9.17) is 15.0 Å². The highest BCUT2D eigenvalue weighted by molar-refractivity contribution is 5.98. The minimum Gasteiger partial charge on any atom is -0.356 e. The molecule has 1 saturated heterocycles. The van der Waals surface area contributed by atoms with Crippen LogP contribution >= 0.6 is 0 Å². The molecule has 0 unspecified atom stereocenters. The fourth-order valence-corrected chi connectivity index (χ4v) is 4.55. The van der Waals surface area contributed by atoms with E-state index in [1.807, 2.05) is 43.3 Å². The van der Waals surface area contributed by atoms with Crippen LogP contribution in [0.5, 0.6) is 0 Å². The first-order valence-electron chi connectivity index (χ1n) is 12.4. The summed E-state index contributed by atoms with van der Waals surface area (Å²) in [6, 6.07) is 14.6. The molecule has 182 valence electrons. The van der Waals surface area contributed by atoms with Crippen molar-refractivity contribution in [3.63, 3.8) is 0 Å². The lowest BCUT2D eigenvalue weighted by atomic mass is 10.0. The Morgan fingerprint density at radius 2 is 1.92 bits per heavy atom. The molecule has 0 amide bonds. The number of nitrogens with one attached hydrogen (secondary N) is 1. The third-order valence-electron chi connectivity index (χ3n) is 6.66. The highest BCUT2D eigenvalue weighted by Crippen LogP contribution is 2.30. The molecule has 4 aromatic rings. The van der Waals surface area contributed by atoms with Gasteiger partial charge in [0.2, 0.25) is 0 Å². The number of anilines is 1. The van der Waals surface area contributed by atoms with E-state index in [2.05, 4.69) is 52.4 Å². The number of aliphatic imine (C=N–C) groups is 1. The van der Waals surface area contributed by atoms with Crippen LogP contribution in [0.3, 0.4) is 0 Å². The Morgan fingerprint density at radius 3 is 2.75 bits per heavy atom. The Labute approximate surface area is 212 Å². The summed E-state index contributed by atoms with van der Waals surface area (Å²) in [6.45, 7) is 6.13. The van der Waals surface area contributed by atoms with Gasteiger partial charge in [0, 0.05) is 42.1 Å². The number of fused-ring (bicyclic) bond motifs is 1. The Bertz CT molecular complexity index is 1420. The van der Waals surface area contributed by atoms with Gasteiger partial charge in [-0.3, -0.25) is 4.98 Å². The number of allylic oxidation sites excluding steroid dienone is 1. The van der Waals surface area contributed by atoms with Crippen LogP contribution in [0, 0.1) is 6.92 Å². The second kappa shape index (κ2) is 10.7. The molecule has 1 fully saturated rings. The summed E-state index contributed by atoms with van der Waals surface area (Å²) in [5.41, 5.74) is 4.99. The number of piperidine rings is 1. The van der Waals surface area contributed by atoms with E-state index in [1.54, 1.807) is 18.6 Å². The standard InChI is InChI=1S/C29H31N7/c1-20-6-4-5-7-22(20)9-8-21(2)33-27-18-23(10-17-32-27)28-34-26-19-31-16-13-25(26)29(35-28)36(3)24-11-14-30-15-12-24/h4-10,13,16-19,24,30H,11-12,14-15H2,1-3H3/b9-8-,33-21?. The molecule has 0 bridgehead atoms. The Morgan fingerprint density at radius 1 is 1.08 bits per heavy atom. The van der Waals surface area contributed by atoms with Gasteiger partial charge in [-0.2, -0.15) is 0 Å². The topological polar surface area (TPSA) is 79.2 Å². The summed E-state index contributed by atoms with van der Waals surface area (Å²) in [5.74, 6) is 2.21. The summed E-state index contributed by atoms with van der Waals surface area (Å²) in [5, 5.41) is 4.46. The monoisotopic (exact) mass is 477 g/mol. The van der Waals surface area contributed by atoms with Crippen LogP contribution in [0.1, 0.15) is 30.9 Å². The molecular weight excluding hydrogens is 446 g/mol. The van der Waals surface area contributed by atoms with Crippen molar-refractivity contribution in [1.29, 1.82) is 0 Å². The van der Waals surface area contributed by atoms with Gasteiger partial charge in [-0.25, -0.2) is 19.9 Å². The molecule has 1 aliphatic rings. The van der Waals surface area contributed by atoms with Crippen molar-refractivity contribution in [3.8, 4) is 11.4 Å². The summed E-state index contributed by atoms with van der Waals surface area (Å²) < 4.78 is 0. The number of benzene rings is 1. The number of hydrogen-bond donors (Lipinski definition) is 1. The van der Waals surface area contributed by atoms with Gasteiger partial charge < -0.3 is 10.2 Å². The molecule has 0 radical (unpaired) electrons. The number of nitrogens with zero attached hydrogens (tertiary/aromatic N) is 6. The summed E-state index contributed by atoms with van der Waals surface area (Å²) in [6.07, 6.45) is 11.6. The largest absolute Gasteiger partial charge is 0.356 e. The van der Waals surface area contributed by atoms with E-state index in [1.165, 1.54) is 11.1 Å². The summed E-state index contributed by atoms with van der Waals surface area (Å²) >= 11 is 0. The number of aromatic nitrogens is 4. The van der Waals surface area contributed by atoms with Gasteiger partial charge in [0.05, 0.1) is 11.7 Å². The zero-order valence-corrected chi connectivity index (χ0v) is 21.0. The minimum absolute atomic E-state index is 0.436. The molecular formula is C29H31N7. The van der Waals surface area contributed by atoms with Crippen molar-refractivity contribution in [2.24, 2.45) is 4.99 Å². The van der Waals surface area contributed by atoms with Crippen molar-refractivity contribution >= 4 is 34.3 Å². The summed E-state index contributed by atoms with van der Waals surface area (Å²) in [4.78, 5) is 25.7. The first-order valence-corrected chi connectivity index (χ1v) is 12.4. The van der Waals surface area contributed by atoms with Crippen molar-refractivity contribution in [3.05, 3.63) is 78.3 Å². The maximum absolute atomic E-state index is 5.03. The van der Waals surface area contributed by atoms with E-state index in [-0.39, 0.29) is 0 Å². The van der Waals surface area contributed by atoms with Crippen LogP contribution in [0.2, 0.25) is 0 Å². The molecule has 0 aliphatic carbocycles. The third kappa shape index (κ3) is 5.31. The van der Waals surface area contributed by atoms with E-state index in [0.29, 0.717) is 17.7 Å². The molecule has 1 aromatic carbocycles. The number of rotatable bonds is 6. The fourth-order valence-electron chi connectivity index (χ4n) is 4.55. The molecule has 5 rings (SSSR count). The lowest BCUT2D eigenvalue weighted by molar-refractivity contribution is 0.442. The Hall–Kier alpha value is -3.97. The Balaban J connectivity index is 1.47. The van der Waals surface area contributed by atoms with E-state index < -0.39 is 0 Å². The van der Waals surface area contributed by atoms with Crippen LogP contribution in [0.25, 0.3) is 28.4 Å². The van der Waals surface area contributed by atoms with Gasteiger partial charge >= 0.3 is 0 Å². The molecule has 1 aliphatic heterocycles. The first-order chi connectivity index (χ1) is 17.6. The van der Waals surface area contributed by atoms with Crippen LogP contribution in [0.15, 0.2) is 72.1 Å². The zero-order valence-electron chi connectivity index (χ0n) is 21.0. The highest BCUT2D eigenvalue weighted by atomic mass is 15.2. The molecule has 0 spiro atoms. The SMILES string of the molecule is CC(/C=C\c1ccccc1C)=Nc1cc(-c2nc(N(C)C3CCNCC3)c3ccncc3n2)ccn1. The van der Waals surface area contributed by atoms with Gasteiger partial charge in [0.25, 0.3) is 0 Å². The van der Waals surface area contributed by atoms with Crippen LogP contribution in [0.4, 0.5) is 11.6 Å². The zero-order chi connectivity index (χ0) is 24.9. The molecule has 0 atom stereocenters. The van der Waals surface area contributed by atoms with Crippen molar-refractivity contribution in [2.75, 3.05) is 25.0 Å². The van der Waals surface area contributed by atoms with Gasteiger partial charge in [-0.15, -0.1) is 0 Å². The second-order valence-corrected chi connectivity index (χ2v) is 9.20. The quantitative estimate of drug-likeness (QED) is 0.375. The van der Waals surface area contributed by atoms with Crippen LogP contribution in [-0.2, 0) is 0 Å². The molecule has 0 saturated carbocycles. The molecule has 1 N–H and O–H groups in total. The predicted octanol–water partition coefficient (Wildman–Crippen LogP) is 5.39. The van der Waals surface area contributed by atoms with Gasteiger partial charge in [-0.1, -0.05) is 30.3 Å². The minimum atomic E-state index is 0.436. The maximum Gasteiger partial charge on any atom is 0.162 e. The van der Waals surface area contributed by atoms with E-state index >= 15 is 0 Å². The van der Waals surface area contributed by atoms with Gasteiger partial charge in [-0.05, 0) is 75.2 Å². The van der Waals surface area contributed by atoms with Gasteiger partial charge in [0.15, 0.2) is 11.6 Å². The molecule has 7 heteroatoms. The first kappa shape index (κ1) is 23.8. The summed E-state index contributed by atoms with van der Waals surface area (Å²) in [7, 11) is 2.13. The molecule has 4 heterocycles.